The van der Waals surface area contributed by atoms with Crippen LogP contribution in [0.4, 0.5) is 17.6 Å². The lowest BCUT2D eigenvalue weighted by Gasteiger charge is -2.14. The van der Waals surface area contributed by atoms with Gasteiger partial charge in [-0.3, -0.25) is 0 Å². The lowest BCUT2D eigenvalue weighted by atomic mass is 9.99. The predicted octanol–water partition coefficient (Wildman–Crippen LogP) is 4.06. The van der Waals surface area contributed by atoms with Crippen molar-refractivity contribution in [3.8, 4) is 11.1 Å². The van der Waals surface area contributed by atoms with Crippen LogP contribution in [0.2, 0.25) is 0 Å². The molecule has 0 saturated heterocycles. The van der Waals surface area contributed by atoms with E-state index in [9.17, 15) is 17.6 Å². The third-order valence-electron chi connectivity index (χ3n) is 4.15. The Balaban J connectivity index is 1.96. The van der Waals surface area contributed by atoms with Gasteiger partial charge in [-0.15, -0.1) is 5.10 Å². The lowest BCUT2D eigenvalue weighted by Crippen LogP contribution is -2.09. The minimum atomic E-state index is -4.68. The van der Waals surface area contributed by atoms with Crippen molar-refractivity contribution in [1.82, 2.24) is 20.0 Å². The number of pyridine rings is 1. The quantitative estimate of drug-likeness (QED) is 0.535. The van der Waals surface area contributed by atoms with Gasteiger partial charge in [0.1, 0.15) is 5.52 Å². The highest BCUT2D eigenvalue weighted by atomic mass is 19.4. The van der Waals surface area contributed by atoms with E-state index in [0.717, 1.165) is 12.8 Å². The SMILES string of the molecule is Fc1ncccc1-c1ccc2c(nnn2CC2CC2)c1C(F)(F)F. The minimum Gasteiger partial charge on any atom is -0.244 e. The molecule has 3 aromatic rings. The average molecular weight is 336 g/mol. The molecule has 4 rings (SSSR count). The molecule has 0 radical (unpaired) electrons. The first-order chi connectivity index (χ1) is 11.4. The van der Waals surface area contributed by atoms with Crippen LogP contribution in [0.5, 0.6) is 0 Å². The number of nitrogens with zero attached hydrogens (tertiary/aromatic N) is 4. The molecule has 0 N–H and O–H groups in total. The number of aromatic nitrogens is 4. The molecule has 4 nitrogen and oxygen atoms in total. The van der Waals surface area contributed by atoms with E-state index in [1.165, 1.54) is 35.1 Å². The molecule has 0 bridgehead atoms. The number of alkyl halides is 3. The highest BCUT2D eigenvalue weighted by Crippen LogP contribution is 2.41. The zero-order valence-electron chi connectivity index (χ0n) is 12.4. The summed E-state index contributed by atoms with van der Waals surface area (Å²) in [5.41, 5.74) is -1.41. The van der Waals surface area contributed by atoms with Gasteiger partial charge in [0.2, 0.25) is 5.95 Å². The summed E-state index contributed by atoms with van der Waals surface area (Å²) in [5, 5.41) is 7.60. The fraction of sp³-hybridized carbons (Fsp3) is 0.312. The van der Waals surface area contributed by atoms with Crippen LogP contribution in [-0.2, 0) is 12.7 Å². The Morgan fingerprint density at radius 1 is 1.12 bits per heavy atom. The van der Waals surface area contributed by atoms with Gasteiger partial charge in [-0.1, -0.05) is 11.3 Å². The summed E-state index contributed by atoms with van der Waals surface area (Å²) in [6, 6.07) is 5.44. The van der Waals surface area contributed by atoms with Crippen LogP contribution in [0.3, 0.4) is 0 Å². The molecular formula is C16H12F4N4. The van der Waals surface area contributed by atoms with Crippen LogP contribution in [0.15, 0.2) is 30.5 Å². The van der Waals surface area contributed by atoms with Crippen LogP contribution >= 0.6 is 0 Å². The predicted molar refractivity (Wildman–Crippen MR) is 78.4 cm³/mol. The first-order valence-corrected chi connectivity index (χ1v) is 7.49. The van der Waals surface area contributed by atoms with E-state index in [0.29, 0.717) is 18.0 Å². The molecule has 0 atom stereocenters. The van der Waals surface area contributed by atoms with Crippen molar-refractivity contribution in [2.45, 2.75) is 25.6 Å². The lowest BCUT2D eigenvalue weighted by molar-refractivity contribution is -0.135. The highest BCUT2D eigenvalue weighted by Gasteiger charge is 2.38. The molecule has 124 valence electrons. The van der Waals surface area contributed by atoms with Crippen molar-refractivity contribution >= 4 is 11.0 Å². The molecule has 1 saturated carbocycles. The number of rotatable bonds is 3. The Bertz CT molecular complexity index is 912. The molecule has 1 aromatic carbocycles. The topological polar surface area (TPSA) is 43.6 Å². The fourth-order valence-electron chi connectivity index (χ4n) is 2.81. The first-order valence-electron chi connectivity index (χ1n) is 7.49. The molecule has 1 aliphatic carbocycles. The Morgan fingerprint density at radius 3 is 2.58 bits per heavy atom. The third kappa shape index (κ3) is 2.51. The average Bonchev–Trinajstić information content (AvgIpc) is 3.25. The Morgan fingerprint density at radius 2 is 1.92 bits per heavy atom. The van der Waals surface area contributed by atoms with E-state index in [-0.39, 0.29) is 16.6 Å². The maximum Gasteiger partial charge on any atom is 0.419 e. The maximum atomic E-state index is 13.9. The summed E-state index contributed by atoms with van der Waals surface area (Å²) < 4.78 is 56.4. The third-order valence-corrected chi connectivity index (χ3v) is 4.15. The monoisotopic (exact) mass is 336 g/mol. The van der Waals surface area contributed by atoms with Gasteiger partial charge >= 0.3 is 6.18 Å². The maximum absolute atomic E-state index is 13.9. The van der Waals surface area contributed by atoms with Crippen LogP contribution in [0.1, 0.15) is 18.4 Å². The van der Waals surface area contributed by atoms with Crippen LogP contribution < -0.4 is 0 Å². The number of hydrogen-bond acceptors (Lipinski definition) is 3. The van der Waals surface area contributed by atoms with Gasteiger partial charge in [-0.2, -0.15) is 17.6 Å². The van der Waals surface area contributed by atoms with Gasteiger partial charge in [0, 0.05) is 23.9 Å². The molecule has 0 aliphatic heterocycles. The first kappa shape index (κ1) is 15.0. The van der Waals surface area contributed by atoms with Crippen molar-refractivity contribution in [1.29, 1.82) is 0 Å². The summed E-state index contributed by atoms with van der Waals surface area (Å²) >= 11 is 0. The van der Waals surface area contributed by atoms with Gasteiger partial charge in [0.05, 0.1) is 11.1 Å². The second kappa shape index (κ2) is 5.25. The second-order valence-corrected chi connectivity index (χ2v) is 5.91. The van der Waals surface area contributed by atoms with E-state index in [4.69, 9.17) is 0 Å². The fourth-order valence-corrected chi connectivity index (χ4v) is 2.81. The van der Waals surface area contributed by atoms with Gasteiger partial charge in [-0.25, -0.2) is 9.67 Å². The van der Waals surface area contributed by atoms with Gasteiger partial charge in [0.15, 0.2) is 0 Å². The Labute approximate surface area is 134 Å². The molecule has 8 heteroatoms. The van der Waals surface area contributed by atoms with Crippen molar-refractivity contribution in [3.63, 3.8) is 0 Å². The molecule has 24 heavy (non-hydrogen) atoms. The van der Waals surface area contributed by atoms with Crippen LogP contribution in [0, 0.1) is 11.9 Å². The molecule has 2 aromatic heterocycles. The molecule has 1 aliphatic rings. The Kier molecular flexibility index (Phi) is 3.29. The standard InChI is InChI=1S/C16H12F4N4/c17-15-11(2-1-7-21-15)10-5-6-12-14(13(10)16(18,19)20)22-23-24(12)8-9-3-4-9/h1-2,5-7,9H,3-4,8H2. The normalized spacial score (nSPS) is 15.2. The summed E-state index contributed by atoms with van der Waals surface area (Å²) in [7, 11) is 0. The molecule has 2 heterocycles. The second-order valence-electron chi connectivity index (χ2n) is 5.91. The zero-order chi connectivity index (χ0) is 16.9. The summed E-state index contributed by atoms with van der Waals surface area (Å²) in [6.07, 6.45) is -1.40. The zero-order valence-corrected chi connectivity index (χ0v) is 12.4. The molecule has 0 unspecified atom stereocenters. The van der Waals surface area contributed by atoms with E-state index in [2.05, 4.69) is 15.3 Å². The van der Waals surface area contributed by atoms with Crippen LogP contribution in [0.25, 0.3) is 22.2 Å². The summed E-state index contributed by atoms with van der Waals surface area (Å²) in [4.78, 5) is 3.44. The van der Waals surface area contributed by atoms with Gasteiger partial charge in [-0.05, 0) is 37.0 Å². The van der Waals surface area contributed by atoms with Crippen molar-refractivity contribution in [3.05, 3.63) is 42.0 Å². The van der Waals surface area contributed by atoms with Crippen molar-refractivity contribution in [2.24, 2.45) is 5.92 Å². The van der Waals surface area contributed by atoms with E-state index in [1.54, 1.807) is 0 Å². The van der Waals surface area contributed by atoms with Gasteiger partial charge in [0.25, 0.3) is 0 Å². The molecule has 0 spiro atoms. The van der Waals surface area contributed by atoms with Gasteiger partial charge < -0.3 is 0 Å². The van der Waals surface area contributed by atoms with Crippen molar-refractivity contribution < 1.29 is 17.6 Å². The van der Waals surface area contributed by atoms with E-state index >= 15 is 0 Å². The minimum absolute atomic E-state index is 0.205. The van der Waals surface area contributed by atoms with E-state index < -0.39 is 17.7 Å². The van der Waals surface area contributed by atoms with Crippen LogP contribution in [-0.4, -0.2) is 20.0 Å². The summed E-state index contributed by atoms with van der Waals surface area (Å²) in [6.45, 7) is 0.550. The molecule has 0 amide bonds. The Hall–Kier alpha value is -2.51. The number of fused-ring (bicyclic) bond motifs is 1. The van der Waals surface area contributed by atoms with E-state index in [1.807, 2.05) is 0 Å². The smallest absolute Gasteiger partial charge is 0.244 e. The molecular weight excluding hydrogens is 324 g/mol. The highest BCUT2D eigenvalue weighted by molar-refractivity contribution is 5.87. The number of halogens is 4. The van der Waals surface area contributed by atoms with Crippen molar-refractivity contribution in [2.75, 3.05) is 0 Å². The largest absolute Gasteiger partial charge is 0.419 e. The number of hydrogen-bond donors (Lipinski definition) is 0. The molecule has 1 fully saturated rings. The summed E-state index contributed by atoms with van der Waals surface area (Å²) in [5.74, 6) is -0.507. The number of benzene rings is 1.